The maximum atomic E-state index is 13.0. The number of hydrogen-bond donors (Lipinski definition) is 1. The molecule has 1 N–H and O–H groups in total. The van der Waals surface area contributed by atoms with Crippen molar-refractivity contribution < 1.29 is 9.90 Å². The minimum absolute atomic E-state index is 0.0434. The van der Waals surface area contributed by atoms with Gasteiger partial charge < -0.3 is 10.0 Å². The normalized spacial score (nSPS) is 18.6. The lowest BCUT2D eigenvalue weighted by Gasteiger charge is -2.35. The monoisotopic (exact) mass is 298 g/mol. The summed E-state index contributed by atoms with van der Waals surface area (Å²) in [7, 11) is 0. The Labute approximate surface area is 130 Å². The fraction of sp³-hybridized carbons (Fsp3) is 0.444. The first-order valence-electron chi connectivity index (χ1n) is 7.99. The Balaban J connectivity index is 1.99. The second kappa shape index (κ2) is 6.44. The van der Waals surface area contributed by atoms with Gasteiger partial charge in [-0.1, -0.05) is 18.2 Å². The minimum Gasteiger partial charge on any atom is -0.396 e. The Bertz CT molecular complexity index is 682. The second-order valence-electron chi connectivity index (χ2n) is 5.99. The molecule has 2 heterocycles. The van der Waals surface area contributed by atoms with Crippen LogP contribution in [-0.4, -0.2) is 40.1 Å². The number of aliphatic hydroxyl groups is 1. The summed E-state index contributed by atoms with van der Waals surface area (Å²) in [4.78, 5) is 19.5. The second-order valence-corrected chi connectivity index (χ2v) is 5.99. The third-order valence-electron chi connectivity index (χ3n) is 4.44. The number of amides is 1. The number of nitrogens with zero attached hydrogens (tertiary/aromatic N) is 2. The van der Waals surface area contributed by atoms with Gasteiger partial charge in [-0.05, 0) is 44.7 Å². The van der Waals surface area contributed by atoms with Crippen LogP contribution in [0.5, 0.6) is 0 Å². The number of carbonyl (C=O) groups excluding carboxylic acids is 1. The number of fused-ring (bicyclic) bond motifs is 1. The maximum absolute atomic E-state index is 13.0. The van der Waals surface area contributed by atoms with Gasteiger partial charge in [0, 0.05) is 30.3 Å². The molecule has 0 spiro atoms. The number of aromatic nitrogens is 1. The predicted octanol–water partition coefficient (Wildman–Crippen LogP) is 2.92. The molecule has 0 radical (unpaired) electrons. The van der Waals surface area contributed by atoms with Gasteiger partial charge in [0.25, 0.3) is 5.91 Å². The minimum atomic E-state index is 0.0434. The number of aliphatic hydroxyl groups excluding tert-OH is 1. The number of para-hydroxylation sites is 1. The van der Waals surface area contributed by atoms with Gasteiger partial charge in [-0.2, -0.15) is 0 Å². The van der Waals surface area contributed by atoms with E-state index >= 15 is 0 Å². The number of rotatable bonds is 3. The summed E-state index contributed by atoms with van der Waals surface area (Å²) in [5.41, 5.74) is 2.37. The van der Waals surface area contributed by atoms with Crippen molar-refractivity contribution in [1.82, 2.24) is 9.88 Å². The molecule has 1 aromatic carbocycles. The van der Waals surface area contributed by atoms with Crippen LogP contribution in [0.2, 0.25) is 0 Å². The molecule has 0 saturated carbocycles. The van der Waals surface area contributed by atoms with E-state index in [1.807, 2.05) is 42.2 Å². The van der Waals surface area contributed by atoms with E-state index in [0.29, 0.717) is 12.0 Å². The summed E-state index contributed by atoms with van der Waals surface area (Å²) < 4.78 is 0. The summed E-state index contributed by atoms with van der Waals surface area (Å²) in [6.07, 6.45) is 3.79. The Kier molecular flexibility index (Phi) is 4.39. The zero-order chi connectivity index (χ0) is 15.5. The van der Waals surface area contributed by atoms with E-state index in [2.05, 4.69) is 4.98 Å². The standard InChI is InChI=1S/C18H22N2O2/c1-13-8-9-14-5-4-7-16(17(14)19-13)18(22)20-11-3-2-6-15(20)10-12-21/h4-5,7-9,15,21H,2-3,6,10-12H2,1H3. The Hall–Kier alpha value is -1.94. The van der Waals surface area contributed by atoms with Crippen molar-refractivity contribution in [1.29, 1.82) is 0 Å². The molecule has 116 valence electrons. The lowest BCUT2D eigenvalue weighted by atomic mass is 9.98. The SMILES string of the molecule is Cc1ccc2cccc(C(=O)N3CCCCC3CCO)c2n1. The van der Waals surface area contributed by atoms with E-state index in [9.17, 15) is 9.90 Å². The Morgan fingerprint density at radius 1 is 1.32 bits per heavy atom. The van der Waals surface area contributed by atoms with Crippen LogP contribution in [0.1, 0.15) is 41.7 Å². The van der Waals surface area contributed by atoms with Crippen molar-refractivity contribution in [3.63, 3.8) is 0 Å². The Morgan fingerprint density at radius 2 is 2.18 bits per heavy atom. The van der Waals surface area contributed by atoms with E-state index in [1.165, 1.54) is 0 Å². The van der Waals surface area contributed by atoms with E-state index in [1.54, 1.807) is 0 Å². The molecule has 2 aromatic rings. The summed E-state index contributed by atoms with van der Waals surface area (Å²) in [6, 6.07) is 9.88. The number of piperidine rings is 1. The van der Waals surface area contributed by atoms with Crippen molar-refractivity contribution in [2.45, 2.75) is 38.6 Å². The van der Waals surface area contributed by atoms with Crippen molar-refractivity contribution in [3.05, 3.63) is 41.6 Å². The highest BCUT2D eigenvalue weighted by molar-refractivity contribution is 6.05. The van der Waals surface area contributed by atoms with Gasteiger partial charge in [-0.3, -0.25) is 9.78 Å². The van der Waals surface area contributed by atoms with Crippen LogP contribution >= 0.6 is 0 Å². The molecule has 1 saturated heterocycles. The number of hydrogen-bond acceptors (Lipinski definition) is 3. The van der Waals surface area contributed by atoms with E-state index in [0.717, 1.165) is 42.4 Å². The molecule has 1 atom stereocenters. The molecule has 1 aliphatic rings. The highest BCUT2D eigenvalue weighted by Gasteiger charge is 2.28. The lowest BCUT2D eigenvalue weighted by molar-refractivity contribution is 0.0576. The van der Waals surface area contributed by atoms with Crippen LogP contribution in [0.15, 0.2) is 30.3 Å². The molecule has 1 aromatic heterocycles. The first-order valence-corrected chi connectivity index (χ1v) is 7.99. The average molecular weight is 298 g/mol. The quantitative estimate of drug-likeness (QED) is 0.948. The molecule has 4 nitrogen and oxygen atoms in total. The van der Waals surface area contributed by atoms with Crippen molar-refractivity contribution >= 4 is 16.8 Å². The molecule has 4 heteroatoms. The molecular weight excluding hydrogens is 276 g/mol. The largest absolute Gasteiger partial charge is 0.396 e. The first-order chi connectivity index (χ1) is 10.7. The summed E-state index contributed by atoms with van der Waals surface area (Å²) in [5, 5.41) is 10.2. The van der Waals surface area contributed by atoms with Crippen LogP contribution in [-0.2, 0) is 0 Å². The third-order valence-corrected chi connectivity index (χ3v) is 4.44. The fourth-order valence-corrected chi connectivity index (χ4v) is 3.29. The van der Waals surface area contributed by atoms with Gasteiger partial charge in [0.2, 0.25) is 0 Å². The van der Waals surface area contributed by atoms with Gasteiger partial charge in [0.05, 0.1) is 11.1 Å². The molecule has 1 amide bonds. The summed E-state index contributed by atoms with van der Waals surface area (Å²) in [6.45, 7) is 2.84. The van der Waals surface area contributed by atoms with Gasteiger partial charge in [0.1, 0.15) is 0 Å². The van der Waals surface area contributed by atoms with Crippen molar-refractivity contribution in [2.75, 3.05) is 13.2 Å². The molecule has 22 heavy (non-hydrogen) atoms. The zero-order valence-corrected chi connectivity index (χ0v) is 13.0. The Morgan fingerprint density at radius 3 is 3.00 bits per heavy atom. The molecular formula is C18H22N2O2. The van der Waals surface area contributed by atoms with Crippen molar-refractivity contribution in [3.8, 4) is 0 Å². The van der Waals surface area contributed by atoms with Crippen LogP contribution in [0.4, 0.5) is 0 Å². The number of likely N-dealkylation sites (tertiary alicyclic amines) is 1. The number of carbonyl (C=O) groups is 1. The molecule has 0 bridgehead atoms. The number of pyridine rings is 1. The molecule has 3 rings (SSSR count). The summed E-state index contributed by atoms with van der Waals surface area (Å²) in [5.74, 6) is 0.0434. The van der Waals surface area contributed by atoms with Crippen LogP contribution < -0.4 is 0 Å². The number of aryl methyl sites for hydroxylation is 1. The van der Waals surface area contributed by atoms with E-state index in [-0.39, 0.29) is 18.6 Å². The first kappa shape index (κ1) is 15.0. The topological polar surface area (TPSA) is 53.4 Å². The van der Waals surface area contributed by atoms with Crippen LogP contribution in [0.3, 0.4) is 0 Å². The van der Waals surface area contributed by atoms with E-state index < -0.39 is 0 Å². The fourth-order valence-electron chi connectivity index (χ4n) is 3.29. The van der Waals surface area contributed by atoms with Crippen molar-refractivity contribution in [2.24, 2.45) is 0 Å². The maximum Gasteiger partial charge on any atom is 0.256 e. The molecule has 1 fully saturated rings. The van der Waals surface area contributed by atoms with Gasteiger partial charge in [-0.15, -0.1) is 0 Å². The highest BCUT2D eigenvalue weighted by Crippen LogP contribution is 2.25. The smallest absolute Gasteiger partial charge is 0.256 e. The molecule has 0 aliphatic carbocycles. The average Bonchev–Trinajstić information content (AvgIpc) is 2.54. The lowest BCUT2D eigenvalue weighted by Crippen LogP contribution is -2.44. The van der Waals surface area contributed by atoms with Gasteiger partial charge >= 0.3 is 0 Å². The number of benzene rings is 1. The molecule has 1 unspecified atom stereocenters. The third kappa shape index (κ3) is 2.83. The summed E-state index contributed by atoms with van der Waals surface area (Å²) >= 11 is 0. The van der Waals surface area contributed by atoms with Crippen LogP contribution in [0.25, 0.3) is 10.9 Å². The van der Waals surface area contributed by atoms with Gasteiger partial charge in [0.15, 0.2) is 0 Å². The van der Waals surface area contributed by atoms with E-state index in [4.69, 9.17) is 0 Å². The van der Waals surface area contributed by atoms with Crippen LogP contribution in [0, 0.1) is 6.92 Å². The highest BCUT2D eigenvalue weighted by atomic mass is 16.3. The molecule has 1 aliphatic heterocycles. The van der Waals surface area contributed by atoms with Gasteiger partial charge in [-0.25, -0.2) is 0 Å². The predicted molar refractivity (Wildman–Crippen MR) is 86.9 cm³/mol. The zero-order valence-electron chi connectivity index (χ0n) is 13.0.